The van der Waals surface area contributed by atoms with Crippen LogP contribution in [0.4, 0.5) is 4.39 Å². The van der Waals surface area contributed by atoms with Gasteiger partial charge in [0.25, 0.3) is 0 Å². The second-order valence-corrected chi connectivity index (χ2v) is 8.94. The second kappa shape index (κ2) is 10.9. The standard InChI is InChI=1S/C36H21FN2/c37-32-23-24-33-34(25-32)39-36(31-21-17-29(18-22-31)14-12-27-9-5-2-6-10-27)35(38-33)30-19-15-28(16-20-30)13-11-26-7-3-1-4-8-26/h1-10,15-25H. The Morgan fingerprint density at radius 3 is 1.28 bits per heavy atom. The van der Waals surface area contributed by atoms with Gasteiger partial charge < -0.3 is 0 Å². The van der Waals surface area contributed by atoms with Gasteiger partial charge >= 0.3 is 0 Å². The van der Waals surface area contributed by atoms with Crippen LogP contribution in [0.15, 0.2) is 127 Å². The van der Waals surface area contributed by atoms with Gasteiger partial charge in [-0.05, 0) is 60.7 Å². The normalized spacial score (nSPS) is 10.3. The van der Waals surface area contributed by atoms with E-state index in [1.165, 1.54) is 12.1 Å². The number of benzene rings is 5. The van der Waals surface area contributed by atoms with E-state index in [1.54, 1.807) is 6.07 Å². The highest BCUT2D eigenvalue weighted by atomic mass is 19.1. The molecular weight excluding hydrogens is 479 g/mol. The van der Waals surface area contributed by atoms with E-state index in [4.69, 9.17) is 9.97 Å². The molecule has 0 fully saturated rings. The van der Waals surface area contributed by atoms with E-state index >= 15 is 0 Å². The van der Waals surface area contributed by atoms with Crippen LogP contribution >= 0.6 is 0 Å². The third-order valence-electron chi connectivity index (χ3n) is 6.19. The van der Waals surface area contributed by atoms with Gasteiger partial charge in [0.2, 0.25) is 0 Å². The van der Waals surface area contributed by atoms with Crippen LogP contribution in [-0.4, -0.2) is 9.97 Å². The van der Waals surface area contributed by atoms with Crippen LogP contribution in [-0.2, 0) is 0 Å². The third kappa shape index (κ3) is 5.59. The van der Waals surface area contributed by atoms with Crippen LogP contribution in [0, 0.1) is 29.5 Å². The lowest BCUT2D eigenvalue weighted by Gasteiger charge is -2.11. The zero-order chi connectivity index (χ0) is 26.4. The predicted molar refractivity (Wildman–Crippen MR) is 155 cm³/mol. The summed E-state index contributed by atoms with van der Waals surface area (Å²) in [5.74, 6) is 12.4. The molecule has 1 aromatic heterocycles. The minimum atomic E-state index is -0.344. The SMILES string of the molecule is Fc1ccc2nc(-c3ccc(C#Cc4ccccc4)cc3)c(-c3ccc(C#Cc4ccccc4)cc3)nc2c1. The van der Waals surface area contributed by atoms with Gasteiger partial charge in [-0.15, -0.1) is 0 Å². The minimum Gasteiger partial charge on any atom is -0.244 e. The van der Waals surface area contributed by atoms with Gasteiger partial charge in [-0.2, -0.15) is 0 Å². The molecule has 0 aliphatic carbocycles. The fraction of sp³-hybridized carbons (Fsp3) is 0. The van der Waals surface area contributed by atoms with Crippen molar-refractivity contribution >= 4 is 11.0 Å². The Morgan fingerprint density at radius 2 is 0.821 bits per heavy atom. The van der Waals surface area contributed by atoms with Crippen molar-refractivity contribution in [2.45, 2.75) is 0 Å². The van der Waals surface area contributed by atoms with Gasteiger partial charge in [0.15, 0.2) is 0 Å². The molecule has 2 nitrogen and oxygen atoms in total. The Balaban J connectivity index is 1.37. The van der Waals surface area contributed by atoms with Gasteiger partial charge in [0.05, 0.1) is 22.4 Å². The molecule has 0 spiro atoms. The van der Waals surface area contributed by atoms with E-state index in [9.17, 15) is 4.39 Å². The molecular formula is C36H21FN2. The summed E-state index contributed by atoms with van der Waals surface area (Å²) in [4.78, 5) is 9.73. The third-order valence-corrected chi connectivity index (χ3v) is 6.19. The monoisotopic (exact) mass is 500 g/mol. The first-order valence-corrected chi connectivity index (χ1v) is 12.5. The Kier molecular flexibility index (Phi) is 6.64. The first-order chi connectivity index (χ1) is 19.2. The van der Waals surface area contributed by atoms with Crippen LogP contribution in [0.1, 0.15) is 22.3 Å². The minimum absolute atomic E-state index is 0.344. The fourth-order valence-electron chi connectivity index (χ4n) is 4.18. The topological polar surface area (TPSA) is 25.8 Å². The summed E-state index contributed by atoms with van der Waals surface area (Å²) in [5, 5.41) is 0. The van der Waals surface area contributed by atoms with E-state index in [-0.39, 0.29) is 5.82 Å². The number of hydrogen-bond acceptors (Lipinski definition) is 2. The molecule has 0 aliphatic rings. The molecule has 5 aromatic carbocycles. The number of nitrogens with zero attached hydrogens (tertiary/aromatic N) is 2. The van der Waals surface area contributed by atoms with Gasteiger partial charge in [0, 0.05) is 39.4 Å². The summed E-state index contributed by atoms with van der Waals surface area (Å²) in [6.07, 6.45) is 0. The largest absolute Gasteiger partial charge is 0.244 e. The molecule has 0 unspecified atom stereocenters. The molecule has 0 radical (unpaired) electrons. The molecule has 6 rings (SSSR count). The fourth-order valence-corrected chi connectivity index (χ4v) is 4.18. The summed E-state index contributed by atoms with van der Waals surface area (Å²) in [5.41, 5.74) is 8.05. The average molecular weight is 501 g/mol. The Morgan fingerprint density at radius 1 is 0.410 bits per heavy atom. The van der Waals surface area contributed by atoms with Crippen LogP contribution in [0.5, 0.6) is 0 Å². The van der Waals surface area contributed by atoms with Crippen LogP contribution < -0.4 is 0 Å². The maximum atomic E-state index is 14.0. The van der Waals surface area contributed by atoms with E-state index in [0.29, 0.717) is 16.7 Å². The van der Waals surface area contributed by atoms with Crippen molar-refractivity contribution in [3.8, 4) is 46.2 Å². The van der Waals surface area contributed by atoms with Gasteiger partial charge in [-0.25, -0.2) is 14.4 Å². The van der Waals surface area contributed by atoms with E-state index < -0.39 is 0 Å². The molecule has 0 atom stereocenters. The lowest BCUT2D eigenvalue weighted by molar-refractivity contribution is 0.629. The Labute approximate surface area is 226 Å². The molecule has 0 saturated heterocycles. The van der Waals surface area contributed by atoms with Gasteiger partial charge in [0.1, 0.15) is 5.82 Å². The van der Waals surface area contributed by atoms with Crippen molar-refractivity contribution in [2.75, 3.05) is 0 Å². The maximum Gasteiger partial charge on any atom is 0.125 e. The number of halogens is 1. The maximum absolute atomic E-state index is 14.0. The van der Waals surface area contributed by atoms with E-state index in [2.05, 4.69) is 23.7 Å². The molecule has 182 valence electrons. The highest BCUT2D eigenvalue weighted by Crippen LogP contribution is 2.31. The summed E-state index contributed by atoms with van der Waals surface area (Å²) < 4.78 is 14.0. The van der Waals surface area contributed by atoms with E-state index in [0.717, 1.165) is 39.1 Å². The first kappa shape index (κ1) is 23.9. The average Bonchev–Trinajstić information content (AvgIpc) is 3.00. The molecule has 39 heavy (non-hydrogen) atoms. The predicted octanol–water partition coefficient (Wildman–Crippen LogP) is 7.90. The summed E-state index contributed by atoms with van der Waals surface area (Å²) in [6, 6.07) is 40.1. The van der Waals surface area contributed by atoms with Crippen LogP contribution in [0.2, 0.25) is 0 Å². The number of fused-ring (bicyclic) bond motifs is 1. The number of hydrogen-bond donors (Lipinski definition) is 0. The van der Waals surface area contributed by atoms with Crippen molar-refractivity contribution in [3.05, 3.63) is 155 Å². The molecule has 3 heteroatoms. The highest BCUT2D eigenvalue weighted by Gasteiger charge is 2.14. The molecule has 0 aliphatic heterocycles. The second-order valence-electron chi connectivity index (χ2n) is 8.94. The zero-order valence-corrected chi connectivity index (χ0v) is 20.9. The van der Waals surface area contributed by atoms with Crippen molar-refractivity contribution in [1.82, 2.24) is 9.97 Å². The van der Waals surface area contributed by atoms with E-state index in [1.807, 2.05) is 109 Å². The number of aromatic nitrogens is 2. The van der Waals surface area contributed by atoms with Gasteiger partial charge in [-0.1, -0.05) is 84.3 Å². The Bertz CT molecular complexity index is 1890. The van der Waals surface area contributed by atoms with Crippen molar-refractivity contribution in [1.29, 1.82) is 0 Å². The lowest BCUT2D eigenvalue weighted by atomic mass is 10.0. The summed E-state index contributed by atoms with van der Waals surface area (Å²) in [6.45, 7) is 0. The Hall–Kier alpha value is -5.51. The lowest BCUT2D eigenvalue weighted by Crippen LogP contribution is -1.96. The molecule has 1 heterocycles. The molecule has 0 amide bonds. The highest BCUT2D eigenvalue weighted by molar-refractivity contribution is 5.86. The van der Waals surface area contributed by atoms with Crippen molar-refractivity contribution in [2.24, 2.45) is 0 Å². The quantitative estimate of drug-likeness (QED) is 0.226. The van der Waals surface area contributed by atoms with Crippen molar-refractivity contribution < 1.29 is 4.39 Å². The molecule has 6 aromatic rings. The van der Waals surface area contributed by atoms with Crippen LogP contribution in [0.25, 0.3) is 33.5 Å². The summed E-state index contributed by atoms with van der Waals surface area (Å²) in [7, 11) is 0. The zero-order valence-electron chi connectivity index (χ0n) is 20.9. The first-order valence-electron chi connectivity index (χ1n) is 12.5. The molecule has 0 N–H and O–H groups in total. The smallest absolute Gasteiger partial charge is 0.125 e. The van der Waals surface area contributed by atoms with Crippen LogP contribution in [0.3, 0.4) is 0 Å². The molecule has 0 saturated carbocycles. The van der Waals surface area contributed by atoms with Gasteiger partial charge in [-0.3, -0.25) is 0 Å². The summed E-state index contributed by atoms with van der Waals surface area (Å²) >= 11 is 0. The van der Waals surface area contributed by atoms with Crippen molar-refractivity contribution in [3.63, 3.8) is 0 Å². The molecule has 0 bridgehead atoms. The number of rotatable bonds is 2.